The third-order valence-corrected chi connectivity index (χ3v) is 4.99. The van der Waals surface area contributed by atoms with Crippen LogP contribution < -0.4 is 20.1 Å². The average Bonchev–Trinajstić information content (AvgIpc) is 2.78. The van der Waals surface area contributed by atoms with Crippen molar-refractivity contribution in [3.05, 3.63) is 78.0 Å². The van der Waals surface area contributed by atoms with Crippen LogP contribution in [0.5, 0.6) is 17.4 Å². The molecule has 2 aromatic carbocycles. The van der Waals surface area contributed by atoms with Crippen LogP contribution in [0.15, 0.2) is 66.9 Å². The molecule has 1 aromatic heterocycles. The lowest BCUT2D eigenvalue weighted by Gasteiger charge is -2.26. The average molecular weight is 389 g/mol. The highest BCUT2D eigenvalue weighted by Crippen LogP contribution is 2.37. The lowest BCUT2D eigenvalue weighted by molar-refractivity contribution is 0.176. The van der Waals surface area contributed by atoms with Crippen LogP contribution in [-0.2, 0) is 6.42 Å². The van der Waals surface area contributed by atoms with Crippen molar-refractivity contribution in [2.45, 2.75) is 25.9 Å². The number of ether oxygens (including phenoxy) is 2. The molecule has 1 aliphatic heterocycles. The quantitative estimate of drug-likeness (QED) is 0.533. The first-order valence-corrected chi connectivity index (χ1v) is 10.2. The van der Waals surface area contributed by atoms with Gasteiger partial charge in [0.2, 0.25) is 5.88 Å². The second-order valence-electron chi connectivity index (χ2n) is 7.09. The van der Waals surface area contributed by atoms with E-state index in [2.05, 4.69) is 52.9 Å². The molecular weight excluding hydrogens is 362 g/mol. The number of nitrogens with one attached hydrogen (secondary N) is 2. The number of fused-ring (bicyclic) bond motifs is 1. The molecule has 0 amide bonds. The van der Waals surface area contributed by atoms with Gasteiger partial charge in [-0.05, 0) is 54.8 Å². The van der Waals surface area contributed by atoms with E-state index in [0.29, 0.717) is 5.88 Å². The Hall–Kier alpha value is -3.05. The number of hydrogen-bond acceptors (Lipinski definition) is 5. The molecule has 2 heterocycles. The monoisotopic (exact) mass is 389 g/mol. The van der Waals surface area contributed by atoms with Gasteiger partial charge in [0.15, 0.2) is 0 Å². The van der Waals surface area contributed by atoms with Gasteiger partial charge in [0, 0.05) is 19.2 Å². The minimum atomic E-state index is 0.115. The van der Waals surface area contributed by atoms with Crippen molar-refractivity contribution in [1.82, 2.24) is 10.3 Å². The summed E-state index contributed by atoms with van der Waals surface area (Å²) in [6, 6.07) is 20.3. The molecule has 150 valence electrons. The summed E-state index contributed by atoms with van der Waals surface area (Å²) in [5.74, 6) is 2.30. The zero-order chi connectivity index (χ0) is 19.9. The third-order valence-electron chi connectivity index (χ3n) is 4.99. The van der Waals surface area contributed by atoms with Crippen LogP contribution in [-0.4, -0.2) is 24.6 Å². The summed E-state index contributed by atoms with van der Waals surface area (Å²) >= 11 is 0. The maximum absolute atomic E-state index is 6.21. The number of rotatable bonds is 8. The molecule has 0 fully saturated rings. The van der Waals surface area contributed by atoms with Gasteiger partial charge in [0.05, 0.1) is 11.9 Å². The van der Waals surface area contributed by atoms with Gasteiger partial charge in [-0.3, -0.25) is 0 Å². The van der Waals surface area contributed by atoms with Crippen molar-refractivity contribution < 1.29 is 9.47 Å². The molecule has 29 heavy (non-hydrogen) atoms. The summed E-state index contributed by atoms with van der Waals surface area (Å²) in [6.45, 7) is 4.87. The summed E-state index contributed by atoms with van der Waals surface area (Å²) < 4.78 is 12.2. The molecule has 2 N–H and O–H groups in total. The van der Waals surface area contributed by atoms with Gasteiger partial charge in [0.25, 0.3) is 0 Å². The van der Waals surface area contributed by atoms with Crippen LogP contribution in [0.1, 0.15) is 30.6 Å². The minimum absolute atomic E-state index is 0.115. The number of likely N-dealkylation sites (N-methyl/N-ethyl adjacent to an activating group) is 1. The molecule has 0 aliphatic carbocycles. The molecule has 1 unspecified atom stereocenters. The Morgan fingerprint density at radius 3 is 2.76 bits per heavy atom. The second kappa shape index (κ2) is 9.43. The van der Waals surface area contributed by atoms with Gasteiger partial charge in [-0.2, -0.15) is 0 Å². The van der Waals surface area contributed by atoms with E-state index in [0.717, 1.165) is 49.7 Å². The van der Waals surface area contributed by atoms with Crippen LogP contribution in [0.4, 0.5) is 5.69 Å². The summed E-state index contributed by atoms with van der Waals surface area (Å²) in [5, 5.41) is 6.61. The molecule has 0 radical (unpaired) electrons. The Balaban J connectivity index is 1.36. The minimum Gasteiger partial charge on any atom is -0.485 e. The molecule has 0 saturated heterocycles. The number of anilines is 1. The molecule has 5 heteroatoms. The summed E-state index contributed by atoms with van der Waals surface area (Å²) in [5.41, 5.74) is 3.39. The number of benzene rings is 2. The van der Waals surface area contributed by atoms with Crippen molar-refractivity contribution in [3.63, 3.8) is 0 Å². The first-order valence-electron chi connectivity index (χ1n) is 10.2. The maximum Gasteiger partial charge on any atom is 0.219 e. The SMILES string of the molecule is CCNCCNc1ccc(Oc2ccc3c(c2)CCC(c2ccccc2)O3)nc1. The zero-order valence-corrected chi connectivity index (χ0v) is 16.7. The van der Waals surface area contributed by atoms with Crippen molar-refractivity contribution >= 4 is 5.69 Å². The van der Waals surface area contributed by atoms with Gasteiger partial charge in [-0.1, -0.05) is 37.3 Å². The smallest absolute Gasteiger partial charge is 0.219 e. The van der Waals surface area contributed by atoms with E-state index in [-0.39, 0.29) is 6.10 Å². The van der Waals surface area contributed by atoms with Crippen LogP contribution in [0.25, 0.3) is 0 Å². The van der Waals surface area contributed by atoms with E-state index in [1.54, 1.807) is 6.20 Å². The first kappa shape index (κ1) is 19.3. The lowest BCUT2D eigenvalue weighted by Crippen LogP contribution is -2.21. The number of aryl methyl sites for hydroxylation is 1. The highest BCUT2D eigenvalue weighted by molar-refractivity contribution is 5.45. The highest BCUT2D eigenvalue weighted by Gasteiger charge is 2.21. The topological polar surface area (TPSA) is 55.4 Å². The van der Waals surface area contributed by atoms with Crippen molar-refractivity contribution in [1.29, 1.82) is 0 Å². The van der Waals surface area contributed by atoms with Gasteiger partial charge in [-0.15, -0.1) is 0 Å². The largest absolute Gasteiger partial charge is 0.485 e. The lowest BCUT2D eigenvalue weighted by atomic mass is 9.97. The molecular formula is C24H27N3O2. The standard InChI is InChI=1S/C24H27N3O2/c1-2-25-14-15-26-20-9-13-24(27-17-20)28-21-10-12-23-19(16-21)8-11-22(29-23)18-6-4-3-5-7-18/h3-7,9-10,12-13,16-17,22,25-26H,2,8,11,14-15H2,1H3. The van der Waals surface area contributed by atoms with E-state index in [1.807, 2.05) is 30.3 Å². The predicted molar refractivity (Wildman–Crippen MR) is 116 cm³/mol. The molecule has 5 nitrogen and oxygen atoms in total. The molecule has 0 bridgehead atoms. The highest BCUT2D eigenvalue weighted by atomic mass is 16.5. The Kier molecular flexibility index (Phi) is 6.27. The second-order valence-corrected chi connectivity index (χ2v) is 7.09. The van der Waals surface area contributed by atoms with E-state index in [1.165, 1.54) is 11.1 Å². The number of nitrogens with zero attached hydrogens (tertiary/aromatic N) is 1. The molecule has 4 rings (SSSR count). The Morgan fingerprint density at radius 1 is 1.07 bits per heavy atom. The van der Waals surface area contributed by atoms with Gasteiger partial charge in [0.1, 0.15) is 17.6 Å². The van der Waals surface area contributed by atoms with E-state index < -0.39 is 0 Å². The summed E-state index contributed by atoms with van der Waals surface area (Å²) in [4.78, 5) is 4.40. The molecule has 1 aliphatic rings. The van der Waals surface area contributed by atoms with Crippen LogP contribution in [0.2, 0.25) is 0 Å². The van der Waals surface area contributed by atoms with E-state index in [4.69, 9.17) is 9.47 Å². The van der Waals surface area contributed by atoms with Crippen molar-refractivity contribution in [2.75, 3.05) is 25.0 Å². The predicted octanol–water partition coefficient (Wildman–Crippen LogP) is 4.96. The molecule has 0 saturated carbocycles. The van der Waals surface area contributed by atoms with Crippen LogP contribution >= 0.6 is 0 Å². The first-order chi connectivity index (χ1) is 14.3. The number of pyridine rings is 1. The molecule has 0 spiro atoms. The number of aromatic nitrogens is 1. The van der Waals surface area contributed by atoms with Crippen molar-refractivity contribution in [2.24, 2.45) is 0 Å². The van der Waals surface area contributed by atoms with E-state index >= 15 is 0 Å². The number of hydrogen-bond donors (Lipinski definition) is 2. The van der Waals surface area contributed by atoms with Gasteiger partial charge >= 0.3 is 0 Å². The fraction of sp³-hybridized carbons (Fsp3) is 0.292. The maximum atomic E-state index is 6.21. The fourth-order valence-corrected chi connectivity index (χ4v) is 3.47. The Morgan fingerprint density at radius 2 is 1.97 bits per heavy atom. The Bertz CT molecular complexity index is 913. The van der Waals surface area contributed by atoms with Crippen molar-refractivity contribution in [3.8, 4) is 17.4 Å². The van der Waals surface area contributed by atoms with Gasteiger partial charge in [-0.25, -0.2) is 4.98 Å². The van der Waals surface area contributed by atoms with Crippen LogP contribution in [0, 0.1) is 0 Å². The summed E-state index contributed by atoms with van der Waals surface area (Å²) in [6.07, 6.45) is 3.85. The normalized spacial score (nSPS) is 15.3. The third kappa shape index (κ3) is 5.06. The van der Waals surface area contributed by atoms with Gasteiger partial charge < -0.3 is 20.1 Å². The molecule has 1 atom stereocenters. The Labute approximate surface area is 172 Å². The molecule has 3 aromatic rings. The van der Waals surface area contributed by atoms with Crippen LogP contribution in [0.3, 0.4) is 0 Å². The fourth-order valence-electron chi connectivity index (χ4n) is 3.47. The summed E-state index contributed by atoms with van der Waals surface area (Å²) in [7, 11) is 0. The zero-order valence-electron chi connectivity index (χ0n) is 16.7. The van der Waals surface area contributed by atoms with E-state index in [9.17, 15) is 0 Å².